The Morgan fingerprint density at radius 1 is 1.09 bits per heavy atom. The van der Waals surface area contributed by atoms with Crippen molar-refractivity contribution in [1.82, 2.24) is 4.98 Å². The number of nitrogens with zero attached hydrogens (tertiary/aromatic N) is 2. The number of anilines is 1. The molecule has 0 aliphatic carbocycles. The van der Waals surface area contributed by atoms with Crippen LogP contribution in [0.5, 0.6) is 0 Å². The highest BCUT2D eigenvalue weighted by atomic mass is 79.9. The SMILES string of the molecule is CCc1ccc2nc(N3C(=O)C(=O)C(=C(O)c4ccc(F)cc4)C3c3ccc(Br)cc3)sc2c1. The third kappa shape index (κ3) is 3.82. The first-order chi connectivity index (χ1) is 16.4. The number of thiazole rings is 1. The van der Waals surface area contributed by atoms with Crippen molar-refractivity contribution in [3.8, 4) is 0 Å². The molecule has 0 bridgehead atoms. The fraction of sp³-hybridized carbons (Fsp3) is 0.115. The molecule has 5 nitrogen and oxygen atoms in total. The molecule has 1 fully saturated rings. The lowest BCUT2D eigenvalue weighted by Crippen LogP contribution is -2.29. The summed E-state index contributed by atoms with van der Waals surface area (Å²) in [5, 5.41) is 11.5. The molecule has 1 aliphatic heterocycles. The Balaban J connectivity index is 1.71. The average Bonchev–Trinajstić information content (AvgIpc) is 3.37. The summed E-state index contributed by atoms with van der Waals surface area (Å²) in [6.07, 6.45) is 0.865. The smallest absolute Gasteiger partial charge is 0.301 e. The number of aliphatic hydroxyl groups excluding tert-OH is 1. The Kier molecular flexibility index (Phi) is 5.79. The van der Waals surface area contributed by atoms with Crippen molar-refractivity contribution in [2.45, 2.75) is 19.4 Å². The number of ketones is 1. The van der Waals surface area contributed by atoms with Crippen LogP contribution in [0, 0.1) is 5.82 Å². The van der Waals surface area contributed by atoms with Crippen molar-refractivity contribution >= 4 is 60.1 Å². The maximum absolute atomic E-state index is 13.4. The van der Waals surface area contributed by atoms with Gasteiger partial charge in [-0.05, 0) is 66.1 Å². The van der Waals surface area contributed by atoms with E-state index in [0.717, 1.165) is 26.7 Å². The van der Waals surface area contributed by atoms with Crippen LogP contribution in [0.25, 0.3) is 16.0 Å². The van der Waals surface area contributed by atoms with Gasteiger partial charge < -0.3 is 5.11 Å². The van der Waals surface area contributed by atoms with Gasteiger partial charge >= 0.3 is 5.91 Å². The Labute approximate surface area is 207 Å². The lowest BCUT2D eigenvalue weighted by atomic mass is 9.95. The van der Waals surface area contributed by atoms with Gasteiger partial charge in [-0.25, -0.2) is 9.37 Å². The lowest BCUT2D eigenvalue weighted by molar-refractivity contribution is -0.132. The molecule has 2 heterocycles. The molecule has 3 aromatic carbocycles. The summed E-state index contributed by atoms with van der Waals surface area (Å²) in [5.74, 6) is -2.42. The molecule has 5 rings (SSSR count). The summed E-state index contributed by atoms with van der Waals surface area (Å²) in [4.78, 5) is 32.5. The molecule has 34 heavy (non-hydrogen) atoms. The second kappa shape index (κ2) is 8.77. The molecule has 0 spiro atoms. The number of halogens is 2. The largest absolute Gasteiger partial charge is 0.507 e. The second-order valence-corrected chi connectivity index (χ2v) is 9.80. The molecule has 0 radical (unpaired) electrons. The summed E-state index contributed by atoms with van der Waals surface area (Å²) < 4.78 is 15.2. The Morgan fingerprint density at radius 2 is 1.79 bits per heavy atom. The molecular formula is C26H18BrFN2O3S. The quantitative estimate of drug-likeness (QED) is 0.186. The van der Waals surface area contributed by atoms with Crippen molar-refractivity contribution in [3.05, 3.63) is 99.3 Å². The summed E-state index contributed by atoms with van der Waals surface area (Å²) in [6.45, 7) is 2.06. The van der Waals surface area contributed by atoms with E-state index < -0.39 is 23.5 Å². The molecular weight excluding hydrogens is 519 g/mol. The number of hydrogen-bond donors (Lipinski definition) is 1. The van der Waals surface area contributed by atoms with Gasteiger partial charge in [-0.2, -0.15) is 0 Å². The van der Waals surface area contributed by atoms with Gasteiger partial charge in [0.25, 0.3) is 5.78 Å². The lowest BCUT2D eigenvalue weighted by Gasteiger charge is -2.23. The van der Waals surface area contributed by atoms with Gasteiger partial charge in [-0.3, -0.25) is 14.5 Å². The van der Waals surface area contributed by atoms with Gasteiger partial charge in [0.15, 0.2) is 5.13 Å². The second-order valence-electron chi connectivity index (χ2n) is 7.88. The van der Waals surface area contributed by atoms with Crippen molar-refractivity contribution in [2.75, 3.05) is 4.90 Å². The van der Waals surface area contributed by atoms with E-state index in [9.17, 15) is 19.1 Å². The molecule has 4 aromatic rings. The monoisotopic (exact) mass is 536 g/mol. The normalized spacial score (nSPS) is 17.6. The molecule has 1 saturated heterocycles. The highest BCUT2D eigenvalue weighted by molar-refractivity contribution is 9.10. The number of aryl methyl sites for hydroxylation is 1. The highest BCUT2D eigenvalue weighted by Crippen LogP contribution is 2.44. The molecule has 1 atom stereocenters. The minimum absolute atomic E-state index is 0.0626. The summed E-state index contributed by atoms with van der Waals surface area (Å²) in [7, 11) is 0. The van der Waals surface area contributed by atoms with E-state index in [2.05, 4.69) is 27.8 Å². The van der Waals surface area contributed by atoms with Crippen LogP contribution in [-0.2, 0) is 16.0 Å². The maximum atomic E-state index is 13.4. The van der Waals surface area contributed by atoms with Crippen LogP contribution in [0.2, 0.25) is 0 Å². The van der Waals surface area contributed by atoms with E-state index in [4.69, 9.17) is 0 Å². The number of aliphatic hydroxyl groups is 1. The number of rotatable bonds is 4. The average molecular weight is 537 g/mol. The number of benzene rings is 3. The fourth-order valence-electron chi connectivity index (χ4n) is 4.03. The summed E-state index contributed by atoms with van der Waals surface area (Å²) >= 11 is 4.73. The predicted molar refractivity (Wildman–Crippen MR) is 134 cm³/mol. The van der Waals surface area contributed by atoms with E-state index in [0.29, 0.717) is 10.7 Å². The molecule has 1 unspecified atom stereocenters. The molecule has 1 aliphatic rings. The molecule has 0 saturated carbocycles. The highest BCUT2D eigenvalue weighted by Gasteiger charge is 2.48. The topological polar surface area (TPSA) is 70.5 Å². The number of Topliss-reactive ketones (excluding diaryl/α,β-unsaturated/α-hetero) is 1. The number of aromatic nitrogens is 1. The van der Waals surface area contributed by atoms with Crippen molar-refractivity contribution in [1.29, 1.82) is 0 Å². The zero-order valence-corrected chi connectivity index (χ0v) is 20.4. The van der Waals surface area contributed by atoms with Crippen LogP contribution >= 0.6 is 27.3 Å². The first kappa shape index (κ1) is 22.4. The standard InChI is InChI=1S/C26H18BrFN2O3S/c1-2-14-3-12-19-20(13-14)34-26(29-19)30-22(15-4-8-17(27)9-5-15)21(24(32)25(30)33)23(31)16-6-10-18(28)11-7-16/h3-13,22,31H,2H2,1H3. The van der Waals surface area contributed by atoms with Crippen LogP contribution in [0.15, 0.2) is 76.8 Å². The van der Waals surface area contributed by atoms with Gasteiger partial charge in [-0.15, -0.1) is 0 Å². The molecule has 1 amide bonds. The third-order valence-electron chi connectivity index (χ3n) is 5.80. The first-order valence-corrected chi connectivity index (χ1v) is 12.2. The van der Waals surface area contributed by atoms with Crippen molar-refractivity contribution in [2.24, 2.45) is 0 Å². The van der Waals surface area contributed by atoms with Crippen LogP contribution in [-0.4, -0.2) is 21.8 Å². The van der Waals surface area contributed by atoms with Crippen molar-refractivity contribution in [3.63, 3.8) is 0 Å². The van der Waals surface area contributed by atoms with Gasteiger partial charge in [-0.1, -0.05) is 52.4 Å². The minimum Gasteiger partial charge on any atom is -0.507 e. The van der Waals surface area contributed by atoms with Crippen LogP contribution in [0.3, 0.4) is 0 Å². The molecule has 8 heteroatoms. The van der Waals surface area contributed by atoms with Gasteiger partial charge in [0, 0.05) is 10.0 Å². The van der Waals surface area contributed by atoms with E-state index >= 15 is 0 Å². The number of amides is 1. The summed E-state index contributed by atoms with van der Waals surface area (Å²) in [5.41, 5.74) is 2.70. The Bertz CT molecular complexity index is 1460. The minimum atomic E-state index is -0.885. The maximum Gasteiger partial charge on any atom is 0.301 e. The van der Waals surface area contributed by atoms with E-state index in [1.165, 1.54) is 40.5 Å². The number of carbonyl (C=O) groups excluding carboxylic acids is 2. The van der Waals surface area contributed by atoms with Crippen LogP contribution < -0.4 is 4.90 Å². The molecule has 170 valence electrons. The Morgan fingerprint density at radius 3 is 2.47 bits per heavy atom. The zero-order valence-electron chi connectivity index (χ0n) is 18.0. The van der Waals surface area contributed by atoms with Crippen LogP contribution in [0.1, 0.15) is 29.7 Å². The summed E-state index contributed by atoms with van der Waals surface area (Å²) in [6, 6.07) is 17.3. The van der Waals surface area contributed by atoms with E-state index in [1.807, 2.05) is 18.2 Å². The fourth-order valence-corrected chi connectivity index (χ4v) is 5.35. The van der Waals surface area contributed by atoms with Gasteiger partial charge in [0.1, 0.15) is 11.6 Å². The third-order valence-corrected chi connectivity index (χ3v) is 7.35. The number of carbonyl (C=O) groups is 2. The molecule has 1 aromatic heterocycles. The molecule has 1 N–H and O–H groups in total. The van der Waals surface area contributed by atoms with Crippen LogP contribution in [0.4, 0.5) is 9.52 Å². The van der Waals surface area contributed by atoms with Crippen molar-refractivity contribution < 1.29 is 19.1 Å². The number of hydrogen-bond acceptors (Lipinski definition) is 5. The van der Waals surface area contributed by atoms with Gasteiger partial charge in [0.2, 0.25) is 0 Å². The number of fused-ring (bicyclic) bond motifs is 1. The first-order valence-electron chi connectivity index (χ1n) is 10.6. The Hall–Kier alpha value is -3.36. The predicted octanol–water partition coefficient (Wildman–Crippen LogP) is 6.39. The zero-order chi connectivity index (χ0) is 24.0. The van der Waals surface area contributed by atoms with Gasteiger partial charge in [0.05, 0.1) is 21.8 Å². The van der Waals surface area contributed by atoms with E-state index in [1.54, 1.807) is 24.3 Å². The van der Waals surface area contributed by atoms with E-state index in [-0.39, 0.29) is 16.9 Å².